The number of nitrogens with zero attached hydrogens (tertiary/aromatic N) is 2. The first-order valence-electron chi connectivity index (χ1n) is 7.84. The standard InChI is InChI=1S/C18H30N2O/c1-6-8-10-16(9-7-2)15-19-11-13-20(14-12-19)17(21)18(3,4)5/h6-10H,11-15H2,1-5H3/b8-6-,9-7-,16-10+. The molecular weight excluding hydrogens is 260 g/mol. The van der Waals surface area contributed by atoms with E-state index in [0.29, 0.717) is 0 Å². The lowest BCUT2D eigenvalue weighted by atomic mass is 9.94. The van der Waals surface area contributed by atoms with E-state index in [2.05, 4.69) is 29.2 Å². The Morgan fingerprint density at radius 1 is 1.05 bits per heavy atom. The van der Waals surface area contributed by atoms with Gasteiger partial charge in [-0.15, -0.1) is 0 Å². The van der Waals surface area contributed by atoms with E-state index in [-0.39, 0.29) is 11.3 Å². The molecule has 1 saturated heterocycles. The molecule has 21 heavy (non-hydrogen) atoms. The van der Waals surface area contributed by atoms with Gasteiger partial charge in [-0.3, -0.25) is 9.69 Å². The van der Waals surface area contributed by atoms with Crippen LogP contribution in [0.3, 0.4) is 0 Å². The van der Waals surface area contributed by atoms with Gasteiger partial charge in [-0.1, -0.05) is 51.2 Å². The second kappa shape index (κ2) is 8.18. The van der Waals surface area contributed by atoms with Gasteiger partial charge in [-0.25, -0.2) is 0 Å². The molecule has 0 bridgehead atoms. The largest absolute Gasteiger partial charge is 0.340 e. The zero-order valence-corrected chi connectivity index (χ0v) is 14.2. The van der Waals surface area contributed by atoms with Crippen LogP contribution in [0.25, 0.3) is 0 Å². The van der Waals surface area contributed by atoms with Gasteiger partial charge >= 0.3 is 0 Å². The molecular formula is C18H30N2O. The van der Waals surface area contributed by atoms with E-state index in [1.54, 1.807) is 0 Å². The van der Waals surface area contributed by atoms with Gasteiger partial charge in [0.1, 0.15) is 0 Å². The maximum absolute atomic E-state index is 12.3. The summed E-state index contributed by atoms with van der Waals surface area (Å²) in [6.07, 6.45) is 10.5. The zero-order chi connectivity index (χ0) is 15.9. The number of hydrogen-bond donors (Lipinski definition) is 0. The summed E-state index contributed by atoms with van der Waals surface area (Å²) in [7, 11) is 0. The Labute approximate surface area is 130 Å². The molecule has 0 aromatic carbocycles. The molecule has 1 rings (SSSR count). The zero-order valence-electron chi connectivity index (χ0n) is 14.2. The Bertz CT molecular complexity index is 419. The Morgan fingerprint density at radius 3 is 2.14 bits per heavy atom. The number of allylic oxidation sites excluding steroid dienone is 4. The van der Waals surface area contributed by atoms with E-state index in [9.17, 15) is 4.79 Å². The summed E-state index contributed by atoms with van der Waals surface area (Å²) < 4.78 is 0. The van der Waals surface area contributed by atoms with Crippen LogP contribution in [0.4, 0.5) is 0 Å². The third kappa shape index (κ3) is 5.88. The molecule has 1 fully saturated rings. The molecule has 1 heterocycles. The summed E-state index contributed by atoms with van der Waals surface area (Å²) in [6.45, 7) is 14.6. The Kier molecular flexibility index (Phi) is 6.90. The van der Waals surface area contributed by atoms with Crippen LogP contribution >= 0.6 is 0 Å². The topological polar surface area (TPSA) is 23.6 Å². The van der Waals surface area contributed by atoms with Crippen molar-refractivity contribution in [3.8, 4) is 0 Å². The van der Waals surface area contributed by atoms with Crippen LogP contribution in [0.5, 0.6) is 0 Å². The van der Waals surface area contributed by atoms with Gasteiger partial charge in [-0.2, -0.15) is 0 Å². The fourth-order valence-corrected chi connectivity index (χ4v) is 2.44. The average Bonchev–Trinajstić information content (AvgIpc) is 2.44. The second-order valence-electron chi connectivity index (χ2n) is 6.59. The molecule has 0 atom stereocenters. The minimum atomic E-state index is -0.274. The first-order valence-corrected chi connectivity index (χ1v) is 7.84. The Morgan fingerprint density at radius 2 is 1.67 bits per heavy atom. The molecule has 3 heteroatoms. The lowest BCUT2D eigenvalue weighted by molar-refractivity contribution is -0.141. The molecule has 1 amide bonds. The predicted molar refractivity (Wildman–Crippen MR) is 90.2 cm³/mol. The number of amides is 1. The first kappa shape index (κ1) is 17.7. The Balaban J connectivity index is 2.55. The number of rotatable bonds is 4. The molecule has 0 aliphatic carbocycles. The highest BCUT2D eigenvalue weighted by Crippen LogP contribution is 2.19. The van der Waals surface area contributed by atoms with Crippen molar-refractivity contribution in [1.82, 2.24) is 9.80 Å². The van der Waals surface area contributed by atoms with Crippen molar-refractivity contribution in [2.45, 2.75) is 34.6 Å². The first-order chi connectivity index (χ1) is 9.88. The molecule has 0 radical (unpaired) electrons. The maximum Gasteiger partial charge on any atom is 0.228 e. The van der Waals surface area contributed by atoms with Crippen LogP contribution < -0.4 is 0 Å². The van der Waals surface area contributed by atoms with E-state index in [1.807, 2.05) is 45.6 Å². The minimum absolute atomic E-state index is 0.264. The van der Waals surface area contributed by atoms with Crippen molar-refractivity contribution < 1.29 is 4.79 Å². The lowest BCUT2D eigenvalue weighted by Gasteiger charge is -2.37. The molecule has 0 aromatic rings. The number of hydrogen-bond acceptors (Lipinski definition) is 2. The summed E-state index contributed by atoms with van der Waals surface area (Å²) >= 11 is 0. The molecule has 0 aromatic heterocycles. The van der Waals surface area contributed by atoms with Crippen molar-refractivity contribution in [1.29, 1.82) is 0 Å². The summed E-state index contributed by atoms with van der Waals surface area (Å²) in [6, 6.07) is 0. The van der Waals surface area contributed by atoms with Crippen LogP contribution in [0, 0.1) is 5.41 Å². The van der Waals surface area contributed by atoms with Crippen molar-refractivity contribution >= 4 is 5.91 Å². The third-order valence-electron chi connectivity index (χ3n) is 3.59. The van der Waals surface area contributed by atoms with E-state index in [4.69, 9.17) is 0 Å². The molecule has 1 aliphatic heterocycles. The van der Waals surface area contributed by atoms with Crippen molar-refractivity contribution in [3.05, 3.63) is 36.0 Å². The normalized spacial score (nSPS) is 18.9. The summed E-state index contributed by atoms with van der Waals surface area (Å²) in [5.41, 5.74) is 1.04. The van der Waals surface area contributed by atoms with Crippen LogP contribution in [-0.2, 0) is 4.79 Å². The fourth-order valence-electron chi connectivity index (χ4n) is 2.44. The summed E-state index contributed by atoms with van der Waals surface area (Å²) in [5, 5.41) is 0. The van der Waals surface area contributed by atoms with Gasteiger partial charge in [0.05, 0.1) is 0 Å². The molecule has 0 unspecified atom stereocenters. The van der Waals surface area contributed by atoms with Crippen LogP contribution in [0.15, 0.2) is 36.0 Å². The van der Waals surface area contributed by atoms with Crippen molar-refractivity contribution in [2.24, 2.45) is 5.41 Å². The average molecular weight is 290 g/mol. The third-order valence-corrected chi connectivity index (χ3v) is 3.59. The number of piperazine rings is 1. The van der Waals surface area contributed by atoms with Crippen LogP contribution in [0.1, 0.15) is 34.6 Å². The number of carbonyl (C=O) groups excluding carboxylic acids is 1. The van der Waals surface area contributed by atoms with Crippen LogP contribution in [0.2, 0.25) is 0 Å². The number of carbonyl (C=O) groups is 1. The van der Waals surface area contributed by atoms with E-state index in [1.165, 1.54) is 5.57 Å². The summed E-state index contributed by atoms with van der Waals surface area (Å²) in [4.78, 5) is 16.7. The van der Waals surface area contributed by atoms with Gasteiger partial charge in [0.2, 0.25) is 5.91 Å². The van der Waals surface area contributed by atoms with E-state index >= 15 is 0 Å². The summed E-state index contributed by atoms with van der Waals surface area (Å²) in [5.74, 6) is 0.264. The van der Waals surface area contributed by atoms with Gasteiger partial charge < -0.3 is 4.90 Å². The SMILES string of the molecule is C\C=C/C=C(\C=C/C)CN1CCN(C(=O)C(C)(C)C)CC1. The quantitative estimate of drug-likeness (QED) is 0.742. The second-order valence-corrected chi connectivity index (χ2v) is 6.59. The Hall–Kier alpha value is -1.35. The van der Waals surface area contributed by atoms with E-state index < -0.39 is 0 Å². The maximum atomic E-state index is 12.3. The van der Waals surface area contributed by atoms with E-state index in [0.717, 1.165) is 32.7 Å². The fraction of sp³-hybridized carbons (Fsp3) is 0.611. The molecule has 1 aliphatic rings. The molecule has 0 N–H and O–H groups in total. The highest BCUT2D eigenvalue weighted by atomic mass is 16.2. The van der Waals surface area contributed by atoms with Gasteiger partial charge in [0, 0.05) is 38.1 Å². The van der Waals surface area contributed by atoms with Gasteiger partial charge in [0.15, 0.2) is 0 Å². The lowest BCUT2D eigenvalue weighted by Crippen LogP contribution is -2.51. The predicted octanol–water partition coefficient (Wildman–Crippen LogP) is 3.26. The minimum Gasteiger partial charge on any atom is -0.340 e. The smallest absolute Gasteiger partial charge is 0.228 e. The van der Waals surface area contributed by atoms with Crippen molar-refractivity contribution in [3.63, 3.8) is 0 Å². The van der Waals surface area contributed by atoms with Crippen molar-refractivity contribution in [2.75, 3.05) is 32.7 Å². The monoisotopic (exact) mass is 290 g/mol. The highest BCUT2D eigenvalue weighted by molar-refractivity contribution is 5.81. The molecule has 118 valence electrons. The van der Waals surface area contributed by atoms with Crippen LogP contribution in [-0.4, -0.2) is 48.4 Å². The highest BCUT2D eigenvalue weighted by Gasteiger charge is 2.29. The molecule has 0 spiro atoms. The molecule has 3 nitrogen and oxygen atoms in total. The molecule has 0 saturated carbocycles. The van der Waals surface area contributed by atoms with Gasteiger partial charge in [-0.05, 0) is 19.4 Å². The van der Waals surface area contributed by atoms with Gasteiger partial charge in [0.25, 0.3) is 0 Å².